The van der Waals surface area contributed by atoms with Gasteiger partial charge in [-0.2, -0.15) is 0 Å². The molecule has 0 aliphatic carbocycles. The highest BCUT2D eigenvalue weighted by atomic mass is 19.1. The molecule has 2 aromatic rings. The number of likely N-dealkylation sites (N-methyl/N-ethyl adjacent to an activating group) is 1. The molecular formula is C25H31FN2O5. The average molecular weight is 459 g/mol. The van der Waals surface area contributed by atoms with E-state index in [-0.39, 0.29) is 13.0 Å². The van der Waals surface area contributed by atoms with Crippen molar-refractivity contribution in [3.63, 3.8) is 0 Å². The zero-order valence-electron chi connectivity index (χ0n) is 19.6. The highest BCUT2D eigenvalue weighted by Crippen LogP contribution is 2.12. The molecule has 0 unspecified atom stereocenters. The highest BCUT2D eigenvalue weighted by molar-refractivity contribution is 5.89. The largest absolute Gasteiger partial charge is 0.459 e. The molecular weight excluding hydrogens is 427 g/mol. The molecule has 8 heteroatoms. The first-order valence-electron chi connectivity index (χ1n) is 10.7. The molecule has 0 aliphatic rings. The molecule has 178 valence electrons. The van der Waals surface area contributed by atoms with Gasteiger partial charge >= 0.3 is 12.1 Å². The normalized spacial score (nSPS) is 12.9. The fraction of sp³-hybridized carbons (Fsp3) is 0.400. The number of amides is 2. The highest BCUT2D eigenvalue weighted by Gasteiger charge is 2.30. The first-order valence-corrected chi connectivity index (χ1v) is 10.7. The van der Waals surface area contributed by atoms with Crippen molar-refractivity contribution in [1.29, 1.82) is 0 Å². The second-order valence-electron chi connectivity index (χ2n) is 8.75. The van der Waals surface area contributed by atoms with E-state index in [1.807, 2.05) is 30.3 Å². The van der Waals surface area contributed by atoms with E-state index in [1.165, 1.54) is 38.2 Å². The van der Waals surface area contributed by atoms with E-state index in [1.54, 1.807) is 20.8 Å². The van der Waals surface area contributed by atoms with Crippen LogP contribution in [0.25, 0.3) is 0 Å². The van der Waals surface area contributed by atoms with Gasteiger partial charge in [0.25, 0.3) is 0 Å². The van der Waals surface area contributed by atoms with Gasteiger partial charge in [-0.15, -0.1) is 0 Å². The molecule has 0 fully saturated rings. The van der Waals surface area contributed by atoms with Gasteiger partial charge in [-0.05, 0) is 51.0 Å². The van der Waals surface area contributed by atoms with Gasteiger partial charge in [-0.1, -0.05) is 42.5 Å². The number of nitrogens with one attached hydrogen (secondary N) is 1. The Bertz CT molecular complexity index is 942. The molecule has 0 aliphatic heterocycles. The topological polar surface area (TPSA) is 84.9 Å². The second-order valence-corrected chi connectivity index (χ2v) is 8.75. The fourth-order valence-electron chi connectivity index (χ4n) is 2.84. The third-order valence-corrected chi connectivity index (χ3v) is 4.82. The molecule has 33 heavy (non-hydrogen) atoms. The van der Waals surface area contributed by atoms with E-state index >= 15 is 0 Å². The van der Waals surface area contributed by atoms with Crippen molar-refractivity contribution >= 4 is 18.0 Å². The Labute approximate surface area is 193 Å². The number of hydrogen-bond acceptors (Lipinski definition) is 5. The Hall–Kier alpha value is -3.42. The summed E-state index contributed by atoms with van der Waals surface area (Å²) < 4.78 is 24.0. The number of halogens is 1. The summed E-state index contributed by atoms with van der Waals surface area (Å²) >= 11 is 0. The maximum absolute atomic E-state index is 13.3. The molecule has 0 heterocycles. The van der Waals surface area contributed by atoms with Crippen molar-refractivity contribution in [2.24, 2.45) is 0 Å². The molecule has 2 atom stereocenters. The lowest BCUT2D eigenvalue weighted by molar-refractivity contribution is -0.149. The van der Waals surface area contributed by atoms with E-state index in [0.717, 1.165) is 10.5 Å². The molecule has 0 bridgehead atoms. The predicted octanol–water partition coefficient (Wildman–Crippen LogP) is 3.85. The Balaban J connectivity index is 2.10. The maximum atomic E-state index is 13.3. The molecule has 0 saturated carbocycles. The SMILES string of the molecule is C[C@H](C(=O)N[C@H](Cc1ccc(F)cc1)C(=O)OCc1ccccc1)N(C)C(=O)OC(C)(C)C. The zero-order valence-corrected chi connectivity index (χ0v) is 19.6. The van der Waals surface area contributed by atoms with Crippen molar-refractivity contribution in [2.75, 3.05) is 7.05 Å². The van der Waals surface area contributed by atoms with Gasteiger partial charge in [-0.3, -0.25) is 9.69 Å². The molecule has 2 rings (SSSR count). The van der Waals surface area contributed by atoms with Crippen LogP contribution in [0.4, 0.5) is 9.18 Å². The van der Waals surface area contributed by atoms with Crippen molar-refractivity contribution in [2.45, 2.75) is 58.4 Å². The fourth-order valence-corrected chi connectivity index (χ4v) is 2.84. The van der Waals surface area contributed by atoms with E-state index in [9.17, 15) is 18.8 Å². The van der Waals surface area contributed by atoms with Crippen molar-refractivity contribution < 1.29 is 28.2 Å². The molecule has 2 aromatic carbocycles. The summed E-state index contributed by atoms with van der Waals surface area (Å²) in [5.74, 6) is -1.59. The molecule has 2 amide bonds. The van der Waals surface area contributed by atoms with Gasteiger partial charge in [0.05, 0.1) is 0 Å². The van der Waals surface area contributed by atoms with Crippen LogP contribution in [0.5, 0.6) is 0 Å². The van der Waals surface area contributed by atoms with E-state index in [4.69, 9.17) is 9.47 Å². The van der Waals surface area contributed by atoms with Crippen LogP contribution in [-0.2, 0) is 32.1 Å². The Kier molecular flexibility index (Phi) is 8.96. The van der Waals surface area contributed by atoms with Crippen molar-refractivity contribution in [1.82, 2.24) is 10.2 Å². The number of carbonyl (C=O) groups is 3. The Morgan fingerprint density at radius 1 is 1.00 bits per heavy atom. The van der Waals surface area contributed by atoms with E-state index in [0.29, 0.717) is 5.56 Å². The molecule has 0 radical (unpaired) electrons. The minimum Gasteiger partial charge on any atom is -0.459 e. The van der Waals surface area contributed by atoms with Gasteiger partial charge in [-0.25, -0.2) is 14.0 Å². The van der Waals surface area contributed by atoms with Gasteiger partial charge in [0, 0.05) is 13.5 Å². The third-order valence-electron chi connectivity index (χ3n) is 4.82. The standard InChI is InChI=1S/C25H31FN2O5/c1-17(28(5)24(31)33-25(2,3)4)22(29)27-21(15-18-11-13-20(26)14-12-18)23(30)32-16-19-9-7-6-8-10-19/h6-14,17,21H,15-16H2,1-5H3,(H,27,29)/t17-,21-/m1/s1. The number of carbonyl (C=O) groups excluding carboxylic acids is 3. The third kappa shape index (κ3) is 8.56. The van der Waals surface area contributed by atoms with Crippen LogP contribution in [0.15, 0.2) is 54.6 Å². The summed E-state index contributed by atoms with van der Waals surface area (Å²) in [5, 5.41) is 2.66. The Morgan fingerprint density at radius 3 is 2.18 bits per heavy atom. The summed E-state index contributed by atoms with van der Waals surface area (Å²) in [6, 6.07) is 12.8. The monoisotopic (exact) mass is 458 g/mol. The number of rotatable bonds is 8. The predicted molar refractivity (Wildman–Crippen MR) is 122 cm³/mol. The lowest BCUT2D eigenvalue weighted by Crippen LogP contribution is -2.52. The molecule has 7 nitrogen and oxygen atoms in total. The maximum Gasteiger partial charge on any atom is 0.410 e. The van der Waals surface area contributed by atoms with Gasteiger partial charge < -0.3 is 14.8 Å². The van der Waals surface area contributed by atoms with Crippen LogP contribution in [0, 0.1) is 5.82 Å². The van der Waals surface area contributed by atoms with Crippen LogP contribution in [0.3, 0.4) is 0 Å². The first kappa shape index (κ1) is 25.8. The molecule has 0 spiro atoms. The second kappa shape index (κ2) is 11.4. The van der Waals surface area contributed by atoms with Crippen LogP contribution in [0.2, 0.25) is 0 Å². The van der Waals surface area contributed by atoms with E-state index < -0.39 is 41.5 Å². The zero-order chi connectivity index (χ0) is 24.6. The first-order chi connectivity index (χ1) is 15.5. The lowest BCUT2D eigenvalue weighted by atomic mass is 10.1. The minimum atomic E-state index is -1.03. The summed E-state index contributed by atoms with van der Waals surface area (Å²) in [5.41, 5.74) is 0.732. The summed E-state index contributed by atoms with van der Waals surface area (Å²) in [4.78, 5) is 39.1. The lowest BCUT2D eigenvalue weighted by Gasteiger charge is -2.29. The number of esters is 1. The molecule has 0 saturated heterocycles. The number of nitrogens with zero attached hydrogens (tertiary/aromatic N) is 1. The summed E-state index contributed by atoms with van der Waals surface area (Å²) in [6.45, 7) is 6.76. The van der Waals surface area contributed by atoms with Gasteiger partial charge in [0.1, 0.15) is 30.1 Å². The van der Waals surface area contributed by atoms with Crippen molar-refractivity contribution in [3.05, 3.63) is 71.5 Å². The number of ether oxygens (including phenoxy) is 2. The number of benzene rings is 2. The van der Waals surface area contributed by atoms with Crippen molar-refractivity contribution in [3.8, 4) is 0 Å². The smallest absolute Gasteiger partial charge is 0.410 e. The summed E-state index contributed by atoms with van der Waals surface area (Å²) in [7, 11) is 1.45. The average Bonchev–Trinajstić information content (AvgIpc) is 2.76. The minimum absolute atomic E-state index is 0.0445. The van der Waals surface area contributed by atoms with Gasteiger partial charge in [0.2, 0.25) is 5.91 Å². The summed E-state index contributed by atoms with van der Waals surface area (Å²) in [6.07, 6.45) is -0.561. The molecule has 0 aromatic heterocycles. The van der Waals surface area contributed by atoms with Crippen LogP contribution in [-0.4, -0.2) is 47.6 Å². The number of hydrogen-bond donors (Lipinski definition) is 1. The van der Waals surface area contributed by atoms with Crippen LogP contribution in [0.1, 0.15) is 38.8 Å². The van der Waals surface area contributed by atoms with Gasteiger partial charge in [0.15, 0.2) is 0 Å². The molecule has 1 N–H and O–H groups in total. The van der Waals surface area contributed by atoms with E-state index in [2.05, 4.69) is 5.32 Å². The van der Waals surface area contributed by atoms with Crippen LogP contribution < -0.4 is 5.32 Å². The quantitative estimate of drug-likeness (QED) is 0.608. The Morgan fingerprint density at radius 2 is 1.61 bits per heavy atom. The van der Waals surface area contributed by atoms with Crippen LogP contribution >= 0.6 is 0 Å².